The first-order valence-electron chi connectivity index (χ1n) is 9.19. The second-order valence-corrected chi connectivity index (χ2v) is 7.56. The first kappa shape index (κ1) is 18.2. The van der Waals surface area contributed by atoms with E-state index in [0.29, 0.717) is 18.9 Å². The van der Waals surface area contributed by atoms with Gasteiger partial charge >= 0.3 is 0 Å². The largest absolute Gasteiger partial charge is 0.460 e. The van der Waals surface area contributed by atoms with Crippen LogP contribution in [0.5, 0.6) is 0 Å². The van der Waals surface area contributed by atoms with Crippen LogP contribution in [0.4, 0.5) is 0 Å². The number of hydrogen-bond donors (Lipinski definition) is 0. The van der Waals surface area contributed by atoms with Crippen molar-refractivity contribution in [2.24, 2.45) is 0 Å². The van der Waals surface area contributed by atoms with Gasteiger partial charge in [-0.2, -0.15) is 0 Å². The molecule has 1 fully saturated rings. The smallest absolute Gasteiger partial charge is 0.223 e. The summed E-state index contributed by atoms with van der Waals surface area (Å²) in [6.45, 7) is 1.67. The Morgan fingerprint density at radius 3 is 3.08 bits per heavy atom. The number of carbonyl (C=O) groups is 1. The van der Waals surface area contributed by atoms with Crippen molar-refractivity contribution in [3.63, 3.8) is 0 Å². The number of methoxy groups -OCH3 is 1. The van der Waals surface area contributed by atoms with Crippen LogP contribution < -0.4 is 0 Å². The first-order chi connectivity index (χ1) is 12.3. The highest BCUT2D eigenvalue weighted by Crippen LogP contribution is 2.27. The molecule has 0 aromatic carbocycles. The quantitative estimate of drug-likeness (QED) is 0.637. The molecule has 0 spiro atoms. The van der Waals surface area contributed by atoms with Gasteiger partial charge in [0, 0.05) is 39.1 Å². The van der Waals surface area contributed by atoms with E-state index in [1.54, 1.807) is 18.4 Å². The minimum atomic E-state index is 0.260. The van der Waals surface area contributed by atoms with E-state index in [2.05, 4.69) is 11.0 Å². The Labute approximate surface area is 153 Å². The third kappa shape index (κ3) is 4.95. The highest BCUT2D eigenvalue weighted by atomic mass is 32.1. The van der Waals surface area contributed by atoms with E-state index >= 15 is 0 Å². The van der Waals surface area contributed by atoms with Gasteiger partial charge in [0.05, 0.1) is 4.88 Å². The lowest BCUT2D eigenvalue weighted by atomic mass is 9.97. The summed E-state index contributed by atoms with van der Waals surface area (Å²) in [4.78, 5) is 15.9. The molecular weight excluding hydrogens is 334 g/mol. The molecule has 1 aliphatic heterocycles. The third-order valence-corrected chi connectivity index (χ3v) is 5.73. The van der Waals surface area contributed by atoms with E-state index in [0.717, 1.165) is 55.2 Å². The molecule has 1 saturated heterocycles. The Morgan fingerprint density at radius 1 is 1.36 bits per heavy atom. The topological polar surface area (TPSA) is 42.7 Å². The van der Waals surface area contributed by atoms with Crippen molar-refractivity contribution >= 4 is 17.2 Å². The summed E-state index contributed by atoms with van der Waals surface area (Å²) in [6, 6.07) is 8.45. The molecule has 0 bridgehead atoms. The number of ether oxygens (including phenoxy) is 1. The van der Waals surface area contributed by atoms with Crippen molar-refractivity contribution in [3.8, 4) is 10.6 Å². The molecule has 0 saturated carbocycles. The number of nitrogens with zero attached hydrogens (tertiary/aromatic N) is 1. The zero-order chi connectivity index (χ0) is 17.5. The zero-order valence-electron chi connectivity index (χ0n) is 14.9. The predicted octanol–water partition coefficient (Wildman–Crippen LogP) is 4.75. The van der Waals surface area contributed by atoms with Gasteiger partial charge in [0.1, 0.15) is 11.5 Å². The molecule has 3 heterocycles. The van der Waals surface area contributed by atoms with Gasteiger partial charge in [0.2, 0.25) is 5.91 Å². The van der Waals surface area contributed by atoms with Crippen LogP contribution in [0.2, 0.25) is 0 Å². The highest BCUT2D eigenvalue weighted by molar-refractivity contribution is 7.13. The maximum atomic E-state index is 12.7. The fraction of sp³-hybridized carbons (Fsp3) is 0.550. The highest BCUT2D eigenvalue weighted by Gasteiger charge is 2.26. The molecule has 1 atom stereocenters. The van der Waals surface area contributed by atoms with Crippen LogP contribution in [-0.2, 0) is 16.0 Å². The van der Waals surface area contributed by atoms with Gasteiger partial charge in [0.25, 0.3) is 0 Å². The fourth-order valence-electron chi connectivity index (χ4n) is 3.53. The molecule has 1 amide bonds. The summed E-state index contributed by atoms with van der Waals surface area (Å²) < 4.78 is 11.0. The second-order valence-electron chi connectivity index (χ2n) is 6.62. The molecule has 4 nitrogen and oxygen atoms in total. The summed E-state index contributed by atoms with van der Waals surface area (Å²) in [7, 11) is 1.73. The Kier molecular flexibility index (Phi) is 6.70. The Morgan fingerprint density at radius 2 is 2.28 bits per heavy atom. The van der Waals surface area contributed by atoms with Gasteiger partial charge in [-0.25, -0.2) is 0 Å². The maximum Gasteiger partial charge on any atom is 0.223 e. The first-order valence-corrected chi connectivity index (χ1v) is 10.1. The summed E-state index contributed by atoms with van der Waals surface area (Å²) in [5.74, 6) is 2.05. The molecule has 3 rings (SSSR count). The van der Waals surface area contributed by atoms with Crippen LogP contribution in [0.1, 0.15) is 44.3 Å². The lowest BCUT2D eigenvalue weighted by Gasteiger charge is -2.36. The van der Waals surface area contributed by atoms with E-state index in [4.69, 9.17) is 9.15 Å². The minimum Gasteiger partial charge on any atom is -0.460 e. The van der Waals surface area contributed by atoms with Gasteiger partial charge in [0.15, 0.2) is 0 Å². The van der Waals surface area contributed by atoms with E-state index in [9.17, 15) is 4.79 Å². The van der Waals surface area contributed by atoms with Gasteiger partial charge in [-0.05, 0) is 55.7 Å². The van der Waals surface area contributed by atoms with Crippen LogP contribution in [0.15, 0.2) is 34.1 Å². The fourth-order valence-corrected chi connectivity index (χ4v) is 4.22. The number of thiophene rings is 1. The normalized spacial score (nSPS) is 17.8. The van der Waals surface area contributed by atoms with Crippen LogP contribution in [0.25, 0.3) is 10.6 Å². The molecule has 136 valence electrons. The van der Waals surface area contributed by atoms with Gasteiger partial charge in [-0.3, -0.25) is 4.79 Å². The molecule has 5 heteroatoms. The molecule has 2 aromatic rings. The van der Waals surface area contributed by atoms with E-state index in [1.807, 2.05) is 23.6 Å². The molecule has 0 aliphatic carbocycles. The minimum absolute atomic E-state index is 0.260. The number of amides is 1. The molecule has 2 aromatic heterocycles. The van der Waals surface area contributed by atoms with Crippen molar-refractivity contribution in [2.45, 2.75) is 51.0 Å². The summed E-state index contributed by atoms with van der Waals surface area (Å²) in [6.07, 6.45) is 6.73. The predicted molar refractivity (Wildman–Crippen MR) is 101 cm³/mol. The zero-order valence-corrected chi connectivity index (χ0v) is 15.7. The van der Waals surface area contributed by atoms with Gasteiger partial charge in [-0.1, -0.05) is 6.07 Å². The average Bonchev–Trinajstić information content (AvgIpc) is 3.32. The lowest BCUT2D eigenvalue weighted by molar-refractivity contribution is -0.135. The maximum absolute atomic E-state index is 12.7. The number of likely N-dealkylation sites (tertiary alicyclic amines) is 1. The number of carbonyl (C=O) groups excluding carboxylic acids is 1. The third-order valence-electron chi connectivity index (χ3n) is 4.84. The number of furan rings is 1. The summed E-state index contributed by atoms with van der Waals surface area (Å²) in [5, 5.41) is 2.04. The van der Waals surface area contributed by atoms with Crippen LogP contribution in [-0.4, -0.2) is 37.1 Å². The van der Waals surface area contributed by atoms with Crippen LogP contribution in [0.3, 0.4) is 0 Å². The number of piperidine rings is 1. The van der Waals surface area contributed by atoms with Crippen LogP contribution in [0, 0.1) is 0 Å². The van der Waals surface area contributed by atoms with Crippen molar-refractivity contribution in [2.75, 3.05) is 20.3 Å². The van der Waals surface area contributed by atoms with Gasteiger partial charge in [-0.15, -0.1) is 11.3 Å². The standard InChI is InChI=1S/C20H27NO3S/c1-23-14-4-7-16-6-2-3-13-21(16)20(22)12-10-17-9-11-18(24-17)19-8-5-15-25-19/h5,8-9,11,15-16H,2-4,6-7,10,12-14H2,1H3/t16-/m1/s1. The number of rotatable bonds is 8. The SMILES string of the molecule is COCCC[C@H]1CCCCN1C(=O)CCc1ccc(-c2cccs2)o1. The van der Waals surface area contributed by atoms with Crippen molar-refractivity contribution in [3.05, 3.63) is 35.4 Å². The molecular formula is C20H27NO3S. The average molecular weight is 362 g/mol. The Hall–Kier alpha value is -1.59. The van der Waals surface area contributed by atoms with Gasteiger partial charge < -0.3 is 14.1 Å². The van der Waals surface area contributed by atoms with Crippen molar-refractivity contribution in [1.82, 2.24) is 4.90 Å². The number of hydrogen-bond acceptors (Lipinski definition) is 4. The molecule has 0 radical (unpaired) electrons. The molecule has 25 heavy (non-hydrogen) atoms. The van der Waals surface area contributed by atoms with E-state index in [1.165, 1.54) is 6.42 Å². The monoisotopic (exact) mass is 361 g/mol. The second kappa shape index (κ2) is 9.20. The van der Waals surface area contributed by atoms with E-state index < -0.39 is 0 Å². The Balaban J connectivity index is 1.52. The molecule has 0 unspecified atom stereocenters. The Bertz CT molecular complexity index is 650. The summed E-state index contributed by atoms with van der Waals surface area (Å²) in [5.41, 5.74) is 0. The summed E-state index contributed by atoms with van der Waals surface area (Å²) >= 11 is 1.67. The lowest BCUT2D eigenvalue weighted by Crippen LogP contribution is -2.43. The van der Waals surface area contributed by atoms with Crippen LogP contribution >= 0.6 is 11.3 Å². The molecule has 0 N–H and O–H groups in total. The van der Waals surface area contributed by atoms with Crippen molar-refractivity contribution < 1.29 is 13.9 Å². The van der Waals surface area contributed by atoms with E-state index in [-0.39, 0.29) is 5.91 Å². The number of aryl methyl sites for hydroxylation is 1. The molecule has 1 aliphatic rings. The van der Waals surface area contributed by atoms with Crippen molar-refractivity contribution in [1.29, 1.82) is 0 Å².